The van der Waals surface area contributed by atoms with E-state index in [9.17, 15) is 29.2 Å². The topological polar surface area (TPSA) is 123 Å². The van der Waals surface area contributed by atoms with Gasteiger partial charge in [-0.25, -0.2) is 9.18 Å². The minimum atomic E-state index is -0.980. The number of nitrogens with zero attached hydrogens (tertiary/aromatic N) is 1. The number of fused-ring (bicyclic) bond motifs is 1. The van der Waals surface area contributed by atoms with Crippen LogP contribution < -0.4 is 10.9 Å². The van der Waals surface area contributed by atoms with Crippen molar-refractivity contribution in [3.05, 3.63) is 78.4 Å². The number of halogens is 2. The number of hydrogen-bond donors (Lipinski definition) is 2. The van der Waals surface area contributed by atoms with E-state index in [1.165, 1.54) is 19.1 Å². The number of phenols is 1. The standard InChI is InChI=1S/C18H12ClFN2O6/c1-8-15(23)14(22(26)27)5-10-4-12(18(25)28-16(8)10)17(24)21-7-9-2-3-11(20)6-13(9)19/h2-6,23H,7H2,1H3,(H,21,24). The van der Waals surface area contributed by atoms with Crippen molar-refractivity contribution >= 4 is 34.2 Å². The molecule has 0 saturated carbocycles. The average molecular weight is 407 g/mol. The molecule has 0 aliphatic heterocycles. The molecule has 28 heavy (non-hydrogen) atoms. The summed E-state index contributed by atoms with van der Waals surface area (Å²) in [5.74, 6) is -1.95. The summed E-state index contributed by atoms with van der Waals surface area (Å²) in [6, 6.07) is 5.79. The first-order valence-electron chi connectivity index (χ1n) is 7.86. The number of carbonyl (C=O) groups excluding carboxylic acids is 1. The molecule has 0 atom stereocenters. The van der Waals surface area contributed by atoms with Crippen molar-refractivity contribution in [1.29, 1.82) is 0 Å². The number of benzene rings is 2. The summed E-state index contributed by atoms with van der Waals surface area (Å²) in [7, 11) is 0. The van der Waals surface area contributed by atoms with Crippen LogP contribution in [0, 0.1) is 22.9 Å². The molecule has 0 bridgehead atoms. The van der Waals surface area contributed by atoms with Crippen molar-refractivity contribution in [2.75, 3.05) is 0 Å². The number of nitro benzene ring substituents is 1. The number of amides is 1. The molecular weight excluding hydrogens is 395 g/mol. The van der Waals surface area contributed by atoms with E-state index in [1.807, 2.05) is 0 Å². The smallest absolute Gasteiger partial charge is 0.349 e. The van der Waals surface area contributed by atoms with E-state index in [0.717, 1.165) is 18.2 Å². The molecule has 0 radical (unpaired) electrons. The quantitative estimate of drug-likeness (QED) is 0.388. The lowest BCUT2D eigenvalue weighted by Crippen LogP contribution is -2.28. The van der Waals surface area contributed by atoms with Crippen molar-refractivity contribution in [2.45, 2.75) is 13.5 Å². The molecule has 8 nitrogen and oxygen atoms in total. The molecule has 0 aliphatic rings. The van der Waals surface area contributed by atoms with Crippen LogP contribution in [0.3, 0.4) is 0 Å². The third kappa shape index (κ3) is 3.52. The van der Waals surface area contributed by atoms with Gasteiger partial charge in [-0.2, -0.15) is 0 Å². The monoisotopic (exact) mass is 406 g/mol. The minimum Gasteiger partial charge on any atom is -0.502 e. The molecule has 0 saturated heterocycles. The summed E-state index contributed by atoms with van der Waals surface area (Å²) in [6.45, 7) is 1.27. The normalized spacial score (nSPS) is 10.8. The molecule has 3 rings (SSSR count). The Bertz CT molecular complexity index is 1190. The number of nitro groups is 1. The number of rotatable bonds is 4. The molecule has 3 aromatic rings. The summed E-state index contributed by atoms with van der Waals surface area (Å²) >= 11 is 5.89. The molecule has 1 heterocycles. The highest BCUT2D eigenvalue weighted by Gasteiger charge is 2.22. The summed E-state index contributed by atoms with van der Waals surface area (Å²) < 4.78 is 18.1. The van der Waals surface area contributed by atoms with Crippen LogP contribution in [0.25, 0.3) is 11.0 Å². The van der Waals surface area contributed by atoms with Crippen LogP contribution in [0.15, 0.2) is 39.5 Å². The fourth-order valence-corrected chi connectivity index (χ4v) is 2.87. The zero-order chi connectivity index (χ0) is 20.6. The fourth-order valence-electron chi connectivity index (χ4n) is 2.64. The Morgan fingerprint density at radius 2 is 2.07 bits per heavy atom. The Morgan fingerprint density at radius 3 is 2.71 bits per heavy atom. The van der Waals surface area contributed by atoms with Gasteiger partial charge in [0.05, 0.1) is 4.92 Å². The Kier molecular flexibility index (Phi) is 5.02. The van der Waals surface area contributed by atoms with Crippen molar-refractivity contribution in [1.82, 2.24) is 5.32 Å². The van der Waals surface area contributed by atoms with Gasteiger partial charge in [-0.1, -0.05) is 17.7 Å². The van der Waals surface area contributed by atoms with E-state index in [1.54, 1.807) is 0 Å². The lowest BCUT2D eigenvalue weighted by atomic mass is 10.1. The van der Waals surface area contributed by atoms with E-state index in [4.69, 9.17) is 16.0 Å². The molecule has 0 spiro atoms. The molecule has 10 heteroatoms. The van der Waals surface area contributed by atoms with Gasteiger partial charge in [0.1, 0.15) is 17.0 Å². The van der Waals surface area contributed by atoms with Gasteiger partial charge in [0.2, 0.25) is 5.75 Å². The summed E-state index contributed by atoms with van der Waals surface area (Å²) in [6.07, 6.45) is 0. The maximum Gasteiger partial charge on any atom is 0.349 e. The van der Waals surface area contributed by atoms with E-state index < -0.39 is 33.7 Å². The number of nitrogens with one attached hydrogen (secondary N) is 1. The summed E-state index contributed by atoms with van der Waals surface area (Å²) in [4.78, 5) is 34.8. The fraction of sp³-hybridized carbons (Fsp3) is 0.111. The van der Waals surface area contributed by atoms with Crippen LogP contribution in [0.1, 0.15) is 21.5 Å². The van der Waals surface area contributed by atoms with Crippen LogP contribution in [-0.4, -0.2) is 15.9 Å². The highest BCUT2D eigenvalue weighted by Crippen LogP contribution is 2.35. The van der Waals surface area contributed by atoms with Gasteiger partial charge >= 0.3 is 11.3 Å². The molecule has 1 aromatic heterocycles. The third-order valence-corrected chi connectivity index (χ3v) is 4.46. The molecule has 0 unspecified atom stereocenters. The number of phenolic OH excluding ortho intramolecular Hbond substituents is 1. The van der Waals surface area contributed by atoms with Crippen molar-refractivity contribution in [3.8, 4) is 5.75 Å². The summed E-state index contributed by atoms with van der Waals surface area (Å²) in [5, 5.41) is 23.6. The SMILES string of the molecule is Cc1c(O)c([N+](=O)[O-])cc2cc(C(=O)NCc3ccc(F)cc3Cl)c(=O)oc12. The highest BCUT2D eigenvalue weighted by molar-refractivity contribution is 6.31. The first-order valence-corrected chi connectivity index (χ1v) is 8.23. The van der Waals surface area contributed by atoms with Gasteiger partial charge in [-0.3, -0.25) is 14.9 Å². The third-order valence-electron chi connectivity index (χ3n) is 4.10. The minimum absolute atomic E-state index is 0.00588. The van der Waals surface area contributed by atoms with Crippen LogP contribution in [0.5, 0.6) is 5.75 Å². The Morgan fingerprint density at radius 1 is 1.36 bits per heavy atom. The maximum atomic E-state index is 13.1. The first-order chi connectivity index (χ1) is 13.2. The van der Waals surface area contributed by atoms with Crippen molar-refractivity contribution in [2.24, 2.45) is 0 Å². The van der Waals surface area contributed by atoms with Crippen molar-refractivity contribution in [3.63, 3.8) is 0 Å². The van der Waals surface area contributed by atoms with E-state index in [0.29, 0.717) is 5.56 Å². The molecule has 144 valence electrons. The summed E-state index contributed by atoms with van der Waals surface area (Å²) in [5.41, 5.74) is -1.57. The van der Waals surface area contributed by atoms with Crippen LogP contribution >= 0.6 is 11.6 Å². The number of carbonyl (C=O) groups is 1. The molecule has 0 fully saturated rings. The van der Waals surface area contributed by atoms with Crippen molar-refractivity contribution < 1.29 is 23.6 Å². The molecular formula is C18H12ClFN2O6. The van der Waals surface area contributed by atoms with Crippen LogP contribution in [-0.2, 0) is 6.54 Å². The van der Waals surface area contributed by atoms with E-state index in [-0.39, 0.29) is 33.7 Å². The second-order valence-electron chi connectivity index (χ2n) is 5.91. The maximum absolute atomic E-state index is 13.1. The van der Waals surface area contributed by atoms with Gasteiger partial charge in [-0.05, 0) is 30.7 Å². The second kappa shape index (κ2) is 7.28. The molecule has 1 amide bonds. The van der Waals surface area contributed by atoms with Gasteiger partial charge in [0.15, 0.2) is 0 Å². The Hall–Kier alpha value is -3.46. The average Bonchev–Trinajstić information content (AvgIpc) is 2.63. The highest BCUT2D eigenvalue weighted by atomic mass is 35.5. The lowest BCUT2D eigenvalue weighted by Gasteiger charge is -2.08. The number of aryl methyl sites for hydroxylation is 1. The van der Waals surface area contributed by atoms with E-state index in [2.05, 4.69) is 5.32 Å². The van der Waals surface area contributed by atoms with Gasteiger partial charge < -0.3 is 14.8 Å². The van der Waals surface area contributed by atoms with Crippen LogP contribution in [0.2, 0.25) is 5.02 Å². The second-order valence-corrected chi connectivity index (χ2v) is 6.32. The Balaban J connectivity index is 1.97. The molecule has 2 aromatic carbocycles. The zero-order valence-corrected chi connectivity index (χ0v) is 15.0. The molecule has 0 aliphatic carbocycles. The zero-order valence-electron chi connectivity index (χ0n) is 14.3. The van der Waals surface area contributed by atoms with Crippen LogP contribution in [0.4, 0.5) is 10.1 Å². The largest absolute Gasteiger partial charge is 0.502 e. The van der Waals surface area contributed by atoms with Gasteiger partial charge in [0.25, 0.3) is 5.91 Å². The van der Waals surface area contributed by atoms with Gasteiger partial charge in [0, 0.05) is 28.6 Å². The lowest BCUT2D eigenvalue weighted by molar-refractivity contribution is -0.385. The molecule has 2 N–H and O–H groups in total. The van der Waals surface area contributed by atoms with Gasteiger partial charge in [-0.15, -0.1) is 0 Å². The number of aromatic hydroxyl groups is 1. The predicted octanol–water partition coefficient (Wildman–Crippen LogP) is 3.44. The predicted molar refractivity (Wildman–Crippen MR) is 98.1 cm³/mol. The number of hydrogen-bond acceptors (Lipinski definition) is 6. The Labute approximate surface area is 161 Å². The van der Waals surface area contributed by atoms with E-state index >= 15 is 0 Å². The first kappa shape index (κ1) is 19.3.